The van der Waals surface area contributed by atoms with Gasteiger partial charge in [0.2, 0.25) is 0 Å². The summed E-state index contributed by atoms with van der Waals surface area (Å²) in [7, 11) is 1.75. The van der Waals surface area contributed by atoms with Crippen molar-refractivity contribution in [3.05, 3.63) is 0 Å². The molecule has 108 valence electrons. The molecule has 0 saturated heterocycles. The summed E-state index contributed by atoms with van der Waals surface area (Å²) >= 11 is 0. The van der Waals surface area contributed by atoms with Crippen molar-refractivity contribution in [2.45, 2.75) is 45.8 Å². The normalized spacial score (nSPS) is 16.1. The van der Waals surface area contributed by atoms with Crippen molar-refractivity contribution in [3.63, 3.8) is 0 Å². The van der Waals surface area contributed by atoms with Gasteiger partial charge in [0.25, 0.3) is 0 Å². The van der Waals surface area contributed by atoms with Crippen LogP contribution in [-0.2, 0) is 19.0 Å². The van der Waals surface area contributed by atoms with E-state index in [2.05, 4.69) is 5.32 Å². The van der Waals surface area contributed by atoms with Gasteiger partial charge in [-0.15, -0.1) is 0 Å². The fourth-order valence-electron chi connectivity index (χ4n) is 1.66. The zero-order chi connectivity index (χ0) is 14.0. The van der Waals surface area contributed by atoms with Crippen LogP contribution in [0.2, 0.25) is 0 Å². The van der Waals surface area contributed by atoms with Gasteiger partial charge < -0.3 is 19.5 Å². The van der Waals surface area contributed by atoms with E-state index in [0.717, 1.165) is 0 Å². The van der Waals surface area contributed by atoms with Crippen LogP contribution in [0.15, 0.2) is 0 Å². The summed E-state index contributed by atoms with van der Waals surface area (Å²) in [5, 5.41) is 3.01. The summed E-state index contributed by atoms with van der Waals surface area (Å²) < 4.78 is 15.9. The molecule has 0 saturated carbocycles. The standard InChI is InChI=1S/C13H27NO4/c1-6-16-8-9-18-11(3)10-13(4,14-5)12(15)17-7-2/h11,14H,6-10H2,1-5H3. The second-order valence-electron chi connectivity index (χ2n) is 4.39. The first-order valence-corrected chi connectivity index (χ1v) is 6.55. The van der Waals surface area contributed by atoms with Crippen LogP contribution >= 0.6 is 0 Å². The van der Waals surface area contributed by atoms with E-state index in [1.54, 1.807) is 14.0 Å². The van der Waals surface area contributed by atoms with E-state index in [9.17, 15) is 4.79 Å². The Bertz CT molecular complexity index is 235. The highest BCUT2D eigenvalue weighted by molar-refractivity contribution is 5.80. The van der Waals surface area contributed by atoms with Crippen LogP contribution in [-0.4, -0.2) is 51.1 Å². The molecule has 0 bridgehead atoms. The highest BCUT2D eigenvalue weighted by Gasteiger charge is 2.34. The molecule has 0 aliphatic heterocycles. The average Bonchev–Trinajstić information content (AvgIpc) is 2.34. The van der Waals surface area contributed by atoms with Gasteiger partial charge in [0.1, 0.15) is 5.54 Å². The summed E-state index contributed by atoms with van der Waals surface area (Å²) in [6.07, 6.45) is 0.529. The van der Waals surface area contributed by atoms with E-state index in [-0.39, 0.29) is 12.1 Å². The molecule has 0 heterocycles. The molecular formula is C13H27NO4. The predicted octanol–water partition coefficient (Wildman–Crippen LogP) is 1.36. The molecule has 0 fully saturated rings. The number of likely N-dealkylation sites (N-methyl/N-ethyl adjacent to an activating group) is 1. The molecule has 0 radical (unpaired) electrons. The van der Waals surface area contributed by atoms with Crippen molar-refractivity contribution >= 4 is 5.97 Å². The number of rotatable bonds is 10. The van der Waals surface area contributed by atoms with Crippen LogP contribution in [0.4, 0.5) is 0 Å². The number of esters is 1. The van der Waals surface area contributed by atoms with Gasteiger partial charge >= 0.3 is 5.97 Å². The van der Waals surface area contributed by atoms with E-state index in [4.69, 9.17) is 14.2 Å². The van der Waals surface area contributed by atoms with Crippen molar-refractivity contribution in [3.8, 4) is 0 Å². The zero-order valence-electron chi connectivity index (χ0n) is 12.2. The fraction of sp³-hybridized carbons (Fsp3) is 0.923. The Kier molecular flexibility index (Phi) is 8.97. The number of hydrogen-bond acceptors (Lipinski definition) is 5. The van der Waals surface area contributed by atoms with E-state index < -0.39 is 5.54 Å². The average molecular weight is 261 g/mol. The van der Waals surface area contributed by atoms with Crippen molar-refractivity contribution in [2.75, 3.05) is 33.5 Å². The first-order valence-electron chi connectivity index (χ1n) is 6.55. The monoisotopic (exact) mass is 261 g/mol. The summed E-state index contributed by atoms with van der Waals surface area (Å²) in [5.74, 6) is -0.243. The lowest BCUT2D eigenvalue weighted by atomic mass is 9.95. The molecule has 0 aromatic rings. The summed E-state index contributed by atoms with van der Waals surface area (Å²) in [5.41, 5.74) is -0.707. The molecule has 0 spiro atoms. The third-order valence-electron chi connectivity index (χ3n) is 2.81. The Hall–Kier alpha value is -0.650. The smallest absolute Gasteiger partial charge is 0.326 e. The van der Waals surface area contributed by atoms with Gasteiger partial charge in [0, 0.05) is 13.0 Å². The van der Waals surface area contributed by atoms with Gasteiger partial charge in [0.05, 0.1) is 25.9 Å². The van der Waals surface area contributed by atoms with Crippen molar-refractivity contribution in [1.82, 2.24) is 5.32 Å². The minimum absolute atomic E-state index is 0.0349. The predicted molar refractivity (Wildman–Crippen MR) is 70.6 cm³/mol. The largest absolute Gasteiger partial charge is 0.465 e. The second kappa shape index (κ2) is 9.30. The van der Waals surface area contributed by atoms with Gasteiger partial charge in [0.15, 0.2) is 0 Å². The maximum atomic E-state index is 11.8. The van der Waals surface area contributed by atoms with E-state index in [0.29, 0.717) is 32.8 Å². The van der Waals surface area contributed by atoms with Crippen molar-refractivity contribution in [2.24, 2.45) is 0 Å². The van der Waals surface area contributed by atoms with Gasteiger partial charge in [-0.3, -0.25) is 4.79 Å². The Morgan fingerprint density at radius 3 is 2.44 bits per heavy atom. The van der Waals surface area contributed by atoms with Gasteiger partial charge in [-0.25, -0.2) is 0 Å². The van der Waals surface area contributed by atoms with Crippen LogP contribution in [0, 0.1) is 0 Å². The third kappa shape index (κ3) is 6.33. The number of ether oxygens (including phenoxy) is 3. The van der Waals surface area contributed by atoms with Gasteiger partial charge in [-0.1, -0.05) is 0 Å². The SMILES string of the molecule is CCOCCOC(C)CC(C)(NC)C(=O)OCC. The molecule has 18 heavy (non-hydrogen) atoms. The van der Waals surface area contributed by atoms with E-state index in [1.165, 1.54) is 0 Å². The molecule has 1 N–H and O–H groups in total. The number of hydrogen-bond donors (Lipinski definition) is 1. The maximum absolute atomic E-state index is 11.8. The van der Waals surface area contributed by atoms with E-state index >= 15 is 0 Å². The lowest BCUT2D eigenvalue weighted by Crippen LogP contribution is -2.50. The number of carbonyl (C=O) groups excluding carboxylic acids is 1. The van der Waals surface area contributed by atoms with Gasteiger partial charge in [-0.05, 0) is 34.7 Å². The molecule has 0 rings (SSSR count). The molecule has 0 aromatic heterocycles. The van der Waals surface area contributed by atoms with Crippen LogP contribution in [0.3, 0.4) is 0 Å². The highest BCUT2D eigenvalue weighted by atomic mass is 16.5. The van der Waals surface area contributed by atoms with Crippen LogP contribution in [0.25, 0.3) is 0 Å². The fourth-order valence-corrected chi connectivity index (χ4v) is 1.66. The quantitative estimate of drug-likeness (QED) is 0.475. The van der Waals surface area contributed by atoms with Crippen LogP contribution < -0.4 is 5.32 Å². The Labute approximate surface area is 110 Å². The summed E-state index contributed by atoms with van der Waals surface area (Å²) in [6.45, 7) is 9.71. The third-order valence-corrected chi connectivity index (χ3v) is 2.81. The van der Waals surface area contributed by atoms with Gasteiger partial charge in [-0.2, -0.15) is 0 Å². The number of carbonyl (C=O) groups is 1. The summed E-state index contributed by atoms with van der Waals surface area (Å²) in [4.78, 5) is 11.8. The minimum Gasteiger partial charge on any atom is -0.465 e. The second-order valence-corrected chi connectivity index (χ2v) is 4.39. The first kappa shape index (κ1) is 17.4. The lowest BCUT2D eigenvalue weighted by molar-refractivity contribution is -0.152. The molecule has 2 unspecified atom stereocenters. The molecule has 0 amide bonds. The summed E-state index contributed by atoms with van der Waals surface area (Å²) in [6, 6.07) is 0. The van der Waals surface area contributed by atoms with Crippen LogP contribution in [0.1, 0.15) is 34.1 Å². The van der Waals surface area contributed by atoms with E-state index in [1.807, 2.05) is 20.8 Å². The van der Waals surface area contributed by atoms with Crippen LogP contribution in [0.5, 0.6) is 0 Å². The highest BCUT2D eigenvalue weighted by Crippen LogP contribution is 2.16. The molecule has 2 atom stereocenters. The zero-order valence-corrected chi connectivity index (χ0v) is 12.2. The molecule has 5 nitrogen and oxygen atoms in total. The number of nitrogens with one attached hydrogen (secondary N) is 1. The molecular weight excluding hydrogens is 234 g/mol. The molecule has 0 aliphatic carbocycles. The van der Waals surface area contributed by atoms with Crippen molar-refractivity contribution in [1.29, 1.82) is 0 Å². The molecule has 5 heteroatoms. The van der Waals surface area contributed by atoms with Crippen molar-refractivity contribution < 1.29 is 19.0 Å². The maximum Gasteiger partial charge on any atom is 0.326 e. The Balaban J connectivity index is 4.13. The Morgan fingerprint density at radius 2 is 1.94 bits per heavy atom. The lowest BCUT2D eigenvalue weighted by Gasteiger charge is -2.29. The molecule has 0 aliphatic rings. The topological polar surface area (TPSA) is 56.8 Å². The molecule has 0 aromatic carbocycles. The first-order chi connectivity index (χ1) is 8.50. The Morgan fingerprint density at radius 1 is 1.28 bits per heavy atom. The minimum atomic E-state index is -0.707.